The summed E-state index contributed by atoms with van der Waals surface area (Å²) in [6.45, 7) is 4.45. The molecule has 0 radical (unpaired) electrons. The normalized spacial score (nSPS) is 9.38. The Bertz CT molecular complexity index is 334. The highest BCUT2D eigenvalue weighted by Crippen LogP contribution is 2.10. The van der Waals surface area contributed by atoms with Crippen LogP contribution >= 0.6 is 35.0 Å². The molecule has 1 aromatic rings. The maximum absolute atomic E-state index is 11.7. The van der Waals surface area contributed by atoms with Crippen LogP contribution in [0.5, 0.6) is 0 Å². The van der Waals surface area contributed by atoms with Crippen molar-refractivity contribution in [1.82, 2.24) is 10.6 Å². The quantitative estimate of drug-likeness (QED) is 0.628. The standard InChI is InChI=1S/C11H15IN2O.ClH/c1-2-13-7-8-14-11(15)9-5-3-4-6-10(9)12;/h3-6,13H,2,7-8H2,1H3,(H,14,15);1H. The lowest BCUT2D eigenvalue weighted by Gasteiger charge is -2.06. The van der Waals surface area contributed by atoms with Crippen LogP contribution in [-0.4, -0.2) is 25.5 Å². The number of carbonyl (C=O) groups excluding carboxylic acids is 1. The Hall–Kier alpha value is -0.330. The van der Waals surface area contributed by atoms with Gasteiger partial charge in [0.25, 0.3) is 5.91 Å². The summed E-state index contributed by atoms with van der Waals surface area (Å²) in [4.78, 5) is 11.7. The fourth-order valence-electron chi connectivity index (χ4n) is 1.18. The van der Waals surface area contributed by atoms with E-state index in [1.54, 1.807) is 0 Å². The Morgan fingerprint density at radius 3 is 2.62 bits per heavy atom. The van der Waals surface area contributed by atoms with Crippen molar-refractivity contribution in [2.45, 2.75) is 6.92 Å². The summed E-state index contributed by atoms with van der Waals surface area (Å²) < 4.78 is 0.982. The number of likely N-dealkylation sites (N-methyl/N-ethyl adjacent to an activating group) is 1. The second-order valence-corrected chi connectivity index (χ2v) is 4.25. The zero-order valence-electron chi connectivity index (χ0n) is 9.13. The number of halogens is 2. The summed E-state index contributed by atoms with van der Waals surface area (Å²) in [5.41, 5.74) is 0.745. The van der Waals surface area contributed by atoms with Crippen molar-refractivity contribution in [1.29, 1.82) is 0 Å². The van der Waals surface area contributed by atoms with Gasteiger partial charge in [0, 0.05) is 16.7 Å². The third-order valence-electron chi connectivity index (χ3n) is 1.96. The van der Waals surface area contributed by atoms with Gasteiger partial charge < -0.3 is 10.6 Å². The van der Waals surface area contributed by atoms with Crippen molar-refractivity contribution in [3.63, 3.8) is 0 Å². The zero-order valence-corrected chi connectivity index (χ0v) is 12.1. The second kappa shape index (κ2) is 8.78. The average molecular weight is 355 g/mol. The van der Waals surface area contributed by atoms with Crippen LogP contribution in [0.2, 0.25) is 0 Å². The van der Waals surface area contributed by atoms with E-state index in [2.05, 4.69) is 33.2 Å². The number of hydrogen-bond donors (Lipinski definition) is 2. The first-order chi connectivity index (χ1) is 7.25. The molecular weight excluding hydrogens is 338 g/mol. The molecule has 5 heteroatoms. The fraction of sp³-hybridized carbons (Fsp3) is 0.364. The van der Waals surface area contributed by atoms with E-state index in [0.29, 0.717) is 6.54 Å². The van der Waals surface area contributed by atoms with E-state index in [9.17, 15) is 4.79 Å². The summed E-state index contributed by atoms with van der Waals surface area (Å²) >= 11 is 2.17. The summed E-state index contributed by atoms with van der Waals surface area (Å²) in [7, 11) is 0. The molecule has 0 aliphatic rings. The van der Waals surface area contributed by atoms with Gasteiger partial charge in [0.15, 0.2) is 0 Å². The minimum Gasteiger partial charge on any atom is -0.351 e. The van der Waals surface area contributed by atoms with E-state index in [1.807, 2.05) is 31.2 Å². The Balaban J connectivity index is 0.00000225. The number of benzene rings is 1. The molecule has 16 heavy (non-hydrogen) atoms. The molecule has 3 nitrogen and oxygen atoms in total. The topological polar surface area (TPSA) is 41.1 Å². The first kappa shape index (κ1) is 15.7. The van der Waals surface area contributed by atoms with E-state index >= 15 is 0 Å². The van der Waals surface area contributed by atoms with E-state index < -0.39 is 0 Å². The molecule has 0 aromatic heterocycles. The molecule has 2 N–H and O–H groups in total. The summed E-state index contributed by atoms with van der Waals surface area (Å²) in [5, 5.41) is 6.02. The van der Waals surface area contributed by atoms with Gasteiger partial charge in [-0.1, -0.05) is 19.1 Å². The zero-order chi connectivity index (χ0) is 11.1. The van der Waals surface area contributed by atoms with Crippen LogP contribution < -0.4 is 10.6 Å². The van der Waals surface area contributed by atoms with Crippen LogP contribution in [0.25, 0.3) is 0 Å². The van der Waals surface area contributed by atoms with Gasteiger partial charge in [-0.25, -0.2) is 0 Å². The molecule has 90 valence electrons. The monoisotopic (exact) mass is 354 g/mol. The average Bonchev–Trinajstić information content (AvgIpc) is 2.25. The smallest absolute Gasteiger partial charge is 0.252 e. The van der Waals surface area contributed by atoms with Crippen molar-refractivity contribution in [2.75, 3.05) is 19.6 Å². The molecule has 0 unspecified atom stereocenters. The number of rotatable bonds is 5. The highest BCUT2D eigenvalue weighted by atomic mass is 127. The van der Waals surface area contributed by atoms with Crippen LogP contribution in [0.4, 0.5) is 0 Å². The third-order valence-corrected chi connectivity index (χ3v) is 2.90. The van der Waals surface area contributed by atoms with Crippen molar-refractivity contribution in [2.24, 2.45) is 0 Å². The lowest BCUT2D eigenvalue weighted by Crippen LogP contribution is -2.32. The molecule has 0 spiro atoms. The molecule has 0 bridgehead atoms. The predicted molar refractivity (Wildman–Crippen MR) is 77.3 cm³/mol. The first-order valence-electron chi connectivity index (χ1n) is 4.99. The molecule has 0 saturated carbocycles. The van der Waals surface area contributed by atoms with Crippen molar-refractivity contribution in [3.05, 3.63) is 33.4 Å². The number of amides is 1. The van der Waals surface area contributed by atoms with Crippen LogP contribution in [0.3, 0.4) is 0 Å². The Kier molecular flexibility index (Phi) is 8.60. The number of nitrogens with one attached hydrogen (secondary N) is 2. The van der Waals surface area contributed by atoms with Gasteiger partial charge in [-0.3, -0.25) is 4.79 Å². The molecule has 0 fully saturated rings. The van der Waals surface area contributed by atoms with Crippen molar-refractivity contribution >= 4 is 40.9 Å². The Morgan fingerprint density at radius 2 is 2.00 bits per heavy atom. The van der Waals surface area contributed by atoms with E-state index in [4.69, 9.17) is 0 Å². The Morgan fingerprint density at radius 1 is 1.31 bits per heavy atom. The molecule has 0 aliphatic heterocycles. The number of carbonyl (C=O) groups is 1. The van der Waals surface area contributed by atoms with Crippen LogP contribution in [-0.2, 0) is 0 Å². The molecule has 0 saturated heterocycles. The third kappa shape index (κ3) is 5.14. The molecule has 1 aromatic carbocycles. The number of hydrogen-bond acceptors (Lipinski definition) is 2. The van der Waals surface area contributed by atoms with Gasteiger partial charge in [-0.05, 0) is 41.3 Å². The predicted octanol–water partition coefficient (Wildman–Crippen LogP) is 2.05. The van der Waals surface area contributed by atoms with E-state index in [1.165, 1.54) is 0 Å². The van der Waals surface area contributed by atoms with E-state index in [0.717, 1.165) is 22.2 Å². The molecule has 0 atom stereocenters. The Labute approximate surface area is 116 Å². The molecule has 0 aliphatic carbocycles. The summed E-state index contributed by atoms with van der Waals surface area (Å²) in [5.74, 6) is -0.00194. The van der Waals surface area contributed by atoms with Gasteiger partial charge in [-0.15, -0.1) is 12.4 Å². The lowest BCUT2D eigenvalue weighted by molar-refractivity contribution is 0.0953. The first-order valence-corrected chi connectivity index (χ1v) is 6.07. The van der Waals surface area contributed by atoms with Gasteiger partial charge in [0.1, 0.15) is 0 Å². The largest absolute Gasteiger partial charge is 0.351 e. The second-order valence-electron chi connectivity index (χ2n) is 3.09. The molecule has 0 heterocycles. The highest BCUT2D eigenvalue weighted by Gasteiger charge is 2.07. The molecule has 1 amide bonds. The summed E-state index contributed by atoms with van der Waals surface area (Å²) in [6, 6.07) is 7.57. The maximum Gasteiger partial charge on any atom is 0.252 e. The molecular formula is C11H16ClIN2O. The SMILES string of the molecule is CCNCCNC(=O)c1ccccc1I.Cl. The minimum atomic E-state index is -0.00194. The maximum atomic E-state index is 11.7. The fourth-order valence-corrected chi connectivity index (χ4v) is 1.81. The van der Waals surface area contributed by atoms with Gasteiger partial charge >= 0.3 is 0 Å². The van der Waals surface area contributed by atoms with Gasteiger partial charge in [-0.2, -0.15) is 0 Å². The van der Waals surface area contributed by atoms with Crippen LogP contribution in [0, 0.1) is 3.57 Å². The van der Waals surface area contributed by atoms with Gasteiger partial charge in [0.05, 0.1) is 5.56 Å². The van der Waals surface area contributed by atoms with Crippen molar-refractivity contribution in [3.8, 4) is 0 Å². The van der Waals surface area contributed by atoms with Crippen molar-refractivity contribution < 1.29 is 4.79 Å². The molecule has 1 rings (SSSR count). The highest BCUT2D eigenvalue weighted by molar-refractivity contribution is 14.1. The minimum absolute atomic E-state index is 0. The van der Waals surface area contributed by atoms with Crippen LogP contribution in [0.1, 0.15) is 17.3 Å². The van der Waals surface area contributed by atoms with Gasteiger partial charge in [0.2, 0.25) is 0 Å². The lowest BCUT2D eigenvalue weighted by atomic mass is 10.2. The van der Waals surface area contributed by atoms with E-state index in [-0.39, 0.29) is 18.3 Å². The van der Waals surface area contributed by atoms with Crippen LogP contribution in [0.15, 0.2) is 24.3 Å². The summed E-state index contributed by atoms with van der Waals surface area (Å²) in [6.07, 6.45) is 0.